The molecule has 0 radical (unpaired) electrons. The van der Waals surface area contributed by atoms with Gasteiger partial charge in [0.2, 0.25) is 0 Å². The Morgan fingerprint density at radius 1 is 1.62 bits per heavy atom. The molecule has 0 aliphatic carbocycles. The Bertz CT molecular complexity index is 421. The van der Waals surface area contributed by atoms with Crippen molar-refractivity contribution in [1.82, 2.24) is 15.1 Å². The van der Waals surface area contributed by atoms with Crippen molar-refractivity contribution in [3.63, 3.8) is 0 Å². The second kappa shape index (κ2) is 3.96. The summed E-state index contributed by atoms with van der Waals surface area (Å²) in [4.78, 5) is 23.9. The van der Waals surface area contributed by atoms with Gasteiger partial charge in [-0.2, -0.15) is 5.10 Å². The Labute approximate surface area is 92.3 Å². The third-order valence-corrected chi connectivity index (χ3v) is 2.77. The number of carboxylic acid groups (broad SMARTS) is 1. The highest BCUT2D eigenvalue weighted by atomic mass is 16.4. The van der Waals surface area contributed by atoms with E-state index in [2.05, 4.69) is 10.2 Å². The fraction of sp³-hybridized carbons (Fsp3) is 0.500. The highest BCUT2D eigenvalue weighted by Crippen LogP contribution is 2.21. The number of rotatable bonds is 3. The van der Waals surface area contributed by atoms with Gasteiger partial charge in [0.1, 0.15) is 0 Å². The zero-order valence-electron chi connectivity index (χ0n) is 8.93. The molecule has 0 saturated carbocycles. The van der Waals surface area contributed by atoms with Gasteiger partial charge in [-0.1, -0.05) is 0 Å². The molecule has 1 amide bonds. The molecule has 0 spiro atoms. The average molecular weight is 223 g/mol. The number of nitrogens with zero attached hydrogens (tertiary/aromatic N) is 2. The van der Waals surface area contributed by atoms with Crippen LogP contribution in [-0.2, 0) is 4.79 Å². The van der Waals surface area contributed by atoms with E-state index in [0.29, 0.717) is 18.7 Å². The highest BCUT2D eigenvalue weighted by Gasteiger charge is 2.33. The lowest BCUT2D eigenvalue weighted by molar-refractivity contribution is -0.139. The molecule has 2 rings (SSSR count). The number of aryl methyl sites for hydroxylation is 1. The van der Waals surface area contributed by atoms with Crippen molar-refractivity contribution in [2.24, 2.45) is 5.92 Å². The number of aliphatic carboxylic acids is 1. The Morgan fingerprint density at radius 2 is 2.31 bits per heavy atom. The molecular weight excluding hydrogens is 210 g/mol. The van der Waals surface area contributed by atoms with E-state index < -0.39 is 5.97 Å². The van der Waals surface area contributed by atoms with Crippen LogP contribution in [0.15, 0.2) is 6.20 Å². The summed E-state index contributed by atoms with van der Waals surface area (Å²) in [5, 5.41) is 15.1. The van der Waals surface area contributed by atoms with Crippen LogP contribution in [0.2, 0.25) is 0 Å². The summed E-state index contributed by atoms with van der Waals surface area (Å²) in [6, 6.07) is 0. The lowest BCUT2D eigenvalue weighted by Crippen LogP contribution is -2.50. The van der Waals surface area contributed by atoms with Crippen LogP contribution in [0.25, 0.3) is 0 Å². The predicted molar refractivity (Wildman–Crippen MR) is 55.0 cm³/mol. The van der Waals surface area contributed by atoms with Gasteiger partial charge in [0.15, 0.2) is 0 Å². The minimum absolute atomic E-state index is 0.0760. The molecule has 6 nitrogen and oxygen atoms in total. The zero-order chi connectivity index (χ0) is 11.7. The van der Waals surface area contributed by atoms with E-state index in [1.54, 1.807) is 11.8 Å². The van der Waals surface area contributed by atoms with E-state index in [4.69, 9.17) is 5.11 Å². The van der Waals surface area contributed by atoms with Crippen molar-refractivity contribution >= 4 is 11.9 Å². The molecule has 0 aromatic carbocycles. The Kier molecular flexibility index (Phi) is 2.64. The van der Waals surface area contributed by atoms with Crippen LogP contribution in [0, 0.1) is 12.8 Å². The Morgan fingerprint density at radius 3 is 2.81 bits per heavy atom. The van der Waals surface area contributed by atoms with Gasteiger partial charge >= 0.3 is 5.97 Å². The van der Waals surface area contributed by atoms with E-state index in [1.165, 1.54) is 6.20 Å². The van der Waals surface area contributed by atoms with Gasteiger partial charge < -0.3 is 10.0 Å². The van der Waals surface area contributed by atoms with Crippen LogP contribution in [0.4, 0.5) is 0 Å². The van der Waals surface area contributed by atoms with Crippen LogP contribution in [0.5, 0.6) is 0 Å². The molecule has 0 atom stereocenters. The molecule has 1 aromatic rings. The molecule has 16 heavy (non-hydrogen) atoms. The van der Waals surface area contributed by atoms with Crippen molar-refractivity contribution in [2.45, 2.75) is 13.3 Å². The number of amides is 1. The predicted octanol–water partition coefficient (Wildman–Crippen LogP) is 0.265. The molecule has 1 saturated heterocycles. The minimum atomic E-state index is -0.809. The Balaban J connectivity index is 1.91. The van der Waals surface area contributed by atoms with Crippen molar-refractivity contribution < 1.29 is 14.7 Å². The SMILES string of the molecule is Cc1[nH]ncc1C(=O)N1CC(CC(=O)O)C1. The molecule has 2 N–H and O–H groups in total. The molecule has 6 heteroatoms. The first-order valence-corrected chi connectivity index (χ1v) is 5.09. The first-order chi connectivity index (χ1) is 7.58. The van der Waals surface area contributed by atoms with Crippen LogP contribution in [0.1, 0.15) is 22.5 Å². The van der Waals surface area contributed by atoms with Gasteiger partial charge in [0.25, 0.3) is 5.91 Å². The topological polar surface area (TPSA) is 86.3 Å². The average Bonchev–Trinajstić information content (AvgIpc) is 2.56. The zero-order valence-corrected chi connectivity index (χ0v) is 8.93. The van der Waals surface area contributed by atoms with Crippen molar-refractivity contribution in [1.29, 1.82) is 0 Å². The van der Waals surface area contributed by atoms with E-state index in [-0.39, 0.29) is 18.2 Å². The second-order valence-electron chi connectivity index (χ2n) is 4.08. The molecule has 1 fully saturated rings. The fourth-order valence-electron chi connectivity index (χ4n) is 1.85. The van der Waals surface area contributed by atoms with Crippen LogP contribution < -0.4 is 0 Å². The molecule has 86 valence electrons. The number of hydrogen-bond acceptors (Lipinski definition) is 3. The molecule has 1 aliphatic heterocycles. The molecule has 2 heterocycles. The quantitative estimate of drug-likeness (QED) is 0.769. The maximum absolute atomic E-state index is 11.9. The van der Waals surface area contributed by atoms with Crippen molar-refractivity contribution in [3.8, 4) is 0 Å². The minimum Gasteiger partial charge on any atom is -0.481 e. The normalized spacial score (nSPS) is 15.9. The van der Waals surface area contributed by atoms with Gasteiger partial charge in [-0.05, 0) is 6.92 Å². The molecular formula is C10H13N3O3. The summed E-state index contributed by atoms with van der Waals surface area (Å²) in [6.07, 6.45) is 1.64. The van der Waals surface area contributed by atoms with Crippen LogP contribution >= 0.6 is 0 Å². The molecule has 1 aliphatic rings. The summed E-state index contributed by atoms with van der Waals surface area (Å²) in [7, 11) is 0. The summed E-state index contributed by atoms with van der Waals surface area (Å²) in [5.74, 6) is -0.793. The van der Waals surface area contributed by atoms with Crippen molar-refractivity contribution in [2.75, 3.05) is 13.1 Å². The summed E-state index contributed by atoms with van der Waals surface area (Å²) < 4.78 is 0. The number of hydrogen-bond donors (Lipinski definition) is 2. The van der Waals surface area contributed by atoms with Crippen molar-refractivity contribution in [3.05, 3.63) is 17.5 Å². The standard InChI is InChI=1S/C10H13N3O3/c1-6-8(3-11-12-6)10(16)13-4-7(5-13)2-9(14)15/h3,7H,2,4-5H2,1H3,(H,11,12)(H,14,15). The van der Waals surface area contributed by atoms with E-state index in [9.17, 15) is 9.59 Å². The monoisotopic (exact) mass is 223 g/mol. The molecule has 1 aromatic heterocycles. The van der Waals surface area contributed by atoms with E-state index in [1.807, 2.05) is 0 Å². The third-order valence-electron chi connectivity index (χ3n) is 2.77. The van der Waals surface area contributed by atoms with Gasteiger partial charge in [0, 0.05) is 24.7 Å². The largest absolute Gasteiger partial charge is 0.481 e. The molecule has 0 unspecified atom stereocenters. The van der Waals surface area contributed by atoms with Gasteiger partial charge in [0.05, 0.1) is 18.2 Å². The number of carboxylic acids is 1. The number of likely N-dealkylation sites (tertiary alicyclic amines) is 1. The van der Waals surface area contributed by atoms with Gasteiger partial charge in [-0.3, -0.25) is 14.7 Å². The number of carbonyl (C=O) groups excluding carboxylic acids is 1. The van der Waals surface area contributed by atoms with E-state index >= 15 is 0 Å². The van der Waals surface area contributed by atoms with Crippen LogP contribution in [0.3, 0.4) is 0 Å². The maximum atomic E-state index is 11.9. The second-order valence-corrected chi connectivity index (χ2v) is 4.08. The first-order valence-electron chi connectivity index (χ1n) is 5.09. The van der Waals surface area contributed by atoms with Gasteiger partial charge in [-0.25, -0.2) is 0 Å². The smallest absolute Gasteiger partial charge is 0.303 e. The summed E-state index contributed by atoms with van der Waals surface area (Å²) >= 11 is 0. The number of aromatic amines is 1. The lowest BCUT2D eigenvalue weighted by atomic mass is 9.95. The summed E-state index contributed by atoms with van der Waals surface area (Å²) in [6.45, 7) is 2.83. The maximum Gasteiger partial charge on any atom is 0.303 e. The van der Waals surface area contributed by atoms with Gasteiger partial charge in [-0.15, -0.1) is 0 Å². The molecule has 0 bridgehead atoms. The highest BCUT2D eigenvalue weighted by molar-refractivity contribution is 5.95. The number of nitrogens with one attached hydrogen (secondary N) is 1. The number of carbonyl (C=O) groups is 2. The summed E-state index contributed by atoms with van der Waals surface area (Å²) in [5.41, 5.74) is 1.31. The Hall–Kier alpha value is -1.85. The first kappa shape index (κ1) is 10.7. The fourth-order valence-corrected chi connectivity index (χ4v) is 1.85. The third kappa shape index (κ3) is 1.91. The lowest BCUT2D eigenvalue weighted by Gasteiger charge is -2.38. The van der Waals surface area contributed by atoms with Crippen LogP contribution in [-0.4, -0.2) is 45.2 Å². The number of H-pyrrole nitrogens is 1. The van der Waals surface area contributed by atoms with E-state index in [0.717, 1.165) is 5.69 Å². The number of aromatic nitrogens is 2.